The summed E-state index contributed by atoms with van der Waals surface area (Å²) in [7, 11) is 1.67. The average molecular weight is 177 g/mol. The molecule has 1 aliphatic rings. The molecular formula is C11H15NO. The van der Waals surface area contributed by atoms with Gasteiger partial charge in [-0.15, -0.1) is 0 Å². The lowest BCUT2D eigenvalue weighted by atomic mass is 10.0. The zero-order chi connectivity index (χ0) is 9.10. The van der Waals surface area contributed by atoms with Gasteiger partial charge in [0.1, 0.15) is 0 Å². The lowest BCUT2D eigenvalue weighted by Crippen LogP contribution is -2.18. The highest BCUT2D eigenvalue weighted by molar-refractivity contribution is 5.34. The van der Waals surface area contributed by atoms with Gasteiger partial charge in [-0.05, 0) is 29.9 Å². The van der Waals surface area contributed by atoms with Crippen molar-refractivity contribution >= 4 is 0 Å². The molecule has 13 heavy (non-hydrogen) atoms. The molecule has 1 aromatic rings. The molecule has 0 spiro atoms. The first-order valence-electron chi connectivity index (χ1n) is 4.75. The van der Waals surface area contributed by atoms with Crippen LogP contribution in [0.3, 0.4) is 0 Å². The molecule has 1 aliphatic carbocycles. The van der Waals surface area contributed by atoms with Crippen LogP contribution in [-0.2, 0) is 11.3 Å². The molecule has 2 heteroatoms. The summed E-state index contributed by atoms with van der Waals surface area (Å²) in [6.07, 6.45) is 2.46. The van der Waals surface area contributed by atoms with Crippen molar-refractivity contribution < 1.29 is 4.84 Å². The summed E-state index contributed by atoms with van der Waals surface area (Å²) in [6, 6.07) is 8.68. The molecule has 70 valence electrons. The highest BCUT2D eigenvalue weighted by Gasteiger charge is 2.20. The van der Waals surface area contributed by atoms with Gasteiger partial charge in [0.2, 0.25) is 0 Å². The fourth-order valence-electron chi connectivity index (χ4n) is 2.04. The van der Waals surface area contributed by atoms with Gasteiger partial charge in [0.05, 0.1) is 7.11 Å². The van der Waals surface area contributed by atoms with E-state index in [1.807, 2.05) is 0 Å². The Morgan fingerprint density at radius 3 is 3.15 bits per heavy atom. The number of benzene rings is 1. The van der Waals surface area contributed by atoms with Crippen molar-refractivity contribution in [3.63, 3.8) is 0 Å². The Morgan fingerprint density at radius 2 is 2.31 bits per heavy atom. The molecule has 2 nitrogen and oxygen atoms in total. The second-order valence-corrected chi connectivity index (χ2v) is 3.49. The van der Waals surface area contributed by atoms with E-state index >= 15 is 0 Å². The van der Waals surface area contributed by atoms with Crippen LogP contribution in [-0.4, -0.2) is 13.7 Å². The van der Waals surface area contributed by atoms with Crippen LogP contribution in [0.2, 0.25) is 0 Å². The van der Waals surface area contributed by atoms with Gasteiger partial charge in [-0.2, -0.15) is 0 Å². The van der Waals surface area contributed by atoms with Crippen molar-refractivity contribution in [1.82, 2.24) is 5.48 Å². The first-order chi connectivity index (χ1) is 6.42. The van der Waals surface area contributed by atoms with Crippen LogP contribution < -0.4 is 5.48 Å². The Labute approximate surface area is 78.9 Å². The minimum Gasteiger partial charge on any atom is -0.305 e. The molecule has 0 heterocycles. The van der Waals surface area contributed by atoms with E-state index in [1.54, 1.807) is 7.11 Å². The zero-order valence-corrected chi connectivity index (χ0v) is 7.92. The Morgan fingerprint density at radius 1 is 1.46 bits per heavy atom. The molecule has 1 unspecified atom stereocenters. The molecule has 0 amide bonds. The van der Waals surface area contributed by atoms with Crippen LogP contribution in [0.25, 0.3) is 0 Å². The number of hydrogen-bond acceptors (Lipinski definition) is 2. The van der Waals surface area contributed by atoms with Crippen LogP contribution in [0.1, 0.15) is 23.5 Å². The van der Waals surface area contributed by atoms with Gasteiger partial charge in [-0.25, -0.2) is 5.48 Å². The zero-order valence-electron chi connectivity index (χ0n) is 7.92. The third-order valence-electron chi connectivity index (χ3n) is 2.73. The highest BCUT2D eigenvalue weighted by atomic mass is 16.6. The standard InChI is InChI=1S/C11H15NO/c1-13-12-8-10-7-6-9-4-2-3-5-11(9)10/h2-5,10,12H,6-8H2,1H3. The number of fused-ring (bicyclic) bond motifs is 1. The van der Waals surface area contributed by atoms with Gasteiger partial charge in [-0.3, -0.25) is 0 Å². The predicted octanol–water partition coefficient (Wildman–Crippen LogP) is 1.87. The maximum Gasteiger partial charge on any atom is 0.0572 e. The minimum absolute atomic E-state index is 0.635. The van der Waals surface area contributed by atoms with Gasteiger partial charge in [0.25, 0.3) is 0 Å². The van der Waals surface area contributed by atoms with Crippen molar-refractivity contribution in [1.29, 1.82) is 0 Å². The summed E-state index contributed by atoms with van der Waals surface area (Å²) in [5.41, 5.74) is 5.93. The van der Waals surface area contributed by atoms with Gasteiger partial charge in [-0.1, -0.05) is 24.3 Å². The van der Waals surface area contributed by atoms with Crippen LogP contribution >= 0.6 is 0 Å². The van der Waals surface area contributed by atoms with Crippen LogP contribution in [0.15, 0.2) is 24.3 Å². The lowest BCUT2D eigenvalue weighted by Gasteiger charge is -2.10. The van der Waals surface area contributed by atoms with E-state index in [0.717, 1.165) is 6.54 Å². The minimum atomic E-state index is 0.635. The Kier molecular flexibility index (Phi) is 2.62. The first kappa shape index (κ1) is 8.73. The van der Waals surface area contributed by atoms with Crippen molar-refractivity contribution in [2.75, 3.05) is 13.7 Å². The maximum atomic E-state index is 4.87. The summed E-state index contributed by atoms with van der Waals surface area (Å²) in [6.45, 7) is 0.924. The smallest absolute Gasteiger partial charge is 0.0572 e. The van der Waals surface area contributed by atoms with Crippen molar-refractivity contribution in [3.05, 3.63) is 35.4 Å². The molecule has 0 saturated heterocycles. The van der Waals surface area contributed by atoms with E-state index in [1.165, 1.54) is 24.0 Å². The predicted molar refractivity (Wildman–Crippen MR) is 52.5 cm³/mol. The van der Waals surface area contributed by atoms with E-state index < -0.39 is 0 Å². The van der Waals surface area contributed by atoms with Crippen LogP contribution in [0.4, 0.5) is 0 Å². The number of hydroxylamine groups is 1. The van der Waals surface area contributed by atoms with Gasteiger partial charge >= 0.3 is 0 Å². The normalized spacial score (nSPS) is 20.2. The van der Waals surface area contributed by atoms with E-state index in [0.29, 0.717) is 5.92 Å². The monoisotopic (exact) mass is 177 g/mol. The second-order valence-electron chi connectivity index (χ2n) is 3.49. The van der Waals surface area contributed by atoms with E-state index in [9.17, 15) is 0 Å². The Balaban J connectivity index is 2.09. The summed E-state index contributed by atoms with van der Waals surface area (Å²) >= 11 is 0. The molecule has 1 aromatic carbocycles. The van der Waals surface area contributed by atoms with Crippen molar-refractivity contribution in [2.24, 2.45) is 0 Å². The van der Waals surface area contributed by atoms with E-state index in [2.05, 4.69) is 29.7 Å². The highest BCUT2D eigenvalue weighted by Crippen LogP contribution is 2.31. The van der Waals surface area contributed by atoms with Crippen LogP contribution in [0, 0.1) is 0 Å². The molecule has 0 aliphatic heterocycles. The summed E-state index contributed by atoms with van der Waals surface area (Å²) in [5.74, 6) is 0.635. The second kappa shape index (κ2) is 3.90. The summed E-state index contributed by atoms with van der Waals surface area (Å²) < 4.78 is 0. The number of hydrogen-bond donors (Lipinski definition) is 1. The van der Waals surface area contributed by atoms with Crippen LogP contribution in [0.5, 0.6) is 0 Å². The topological polar surface area (TPSA) is 21.3 Å². The SMILES string of the molecule is CONCC1CCc2ccccc21. The molecule has 0 radical (unpaired) electrons. The van der Waals surface area contributed by atoms with Gasteiger partial charge in [0, 0.05) is 6.54 Å². The molecular weight excluding hydrogens is 162 g/mol. The fraction of sp³-hybridized carbons (Fsp3) is 0.455. The quantitative estimate of drug-likeness (QED) is 0.712. The molecule has 0 bridgehead atoms. The molecule has 1 atom stereocenters. The molecule has 2 rings (SSSR count). The Hall–Kier alpha value is -0.860. The van der Waals surface area contributed by atoms with E-state index in [-0.39, 0.29) is 0 Å². The molecule has 0 fully saturated rings. The van der Waals surface area contributed by atoms with Crippen molar-refractivity contribution in [2.45, 2.75) is 18.8 Å². The van der Waals surface area contributed by atoms with Gasteiger partial charge < -0.3 is 4.84 Å². The van der Waals surface area contributed by atoms with Crippen molar-refractivity contribution in [3.8, 4) is 0 Å². The number of nitrogens with one attached hydrogen (secondary N) is 1. The van der Waals surface area contributed by atoms with Gasteiger partial charge in [0.15, 0.2) is 0 Å². The third kappa shape index (κ3) is 1.74. The number of rotatable bonds is 3. The fourth-order valence-corrected chi connectivity index (χ4v) is 2.04. The summed E-state index contributed by atoms with van der Waals surface area (Å²) in [5, 5.41) is 0. The molecule has 1 N–H and O–H groups in total. The number of aryl methyl sites for hydroxylation is 1. The summed E-state index contributed by atoms with van der Waals surface area (Å²) in [4.78, 5) is 4.87. The largest absolute Gasteiger partial charge is 0.305 e. The third-order valence-corrected chi connectivity index (χ3v) is 2.73. The van der Waals surface area contributed by atoms with E-state index in [4.69, 9.17) is 4.84 Å². The lowest BCUT2D eigenvalue weighted by molar-refractivity contribution is 0.0871. The molecule has 0 aromatic heterocycles. The maximum absolute atomic E-state index is 4.87. The molecule has 0 saturated carbocycles. The first-order valence-corrected chi connectivity index (χ1v) is 4.75. The Bertz CT molecular complexity index is 285. The average Bonchev–Trinajstić information content (AvgIpc) is 2.58.